The number of thiocarbonyl (C=S) groups is 1. The maximum Gasteiger partial charge on any atom is 0.0634 e. The fourth-order valence-electron chi connectivity index (χ4n) is 0.255. The first-order valence-electron chi connectivity index (χ1n) is 2.21. The van der Waals surface area contributed by atoms with E-state index in [9.17, 15) is 0 Å². The molecule has 0 saturated carbocycles. The normalized spacial score (nSPS) is 8.62. The van der Waals surface area contributed by atoms with Gasteiger partial charge in [-0.05, 0) is 0 Å². The minimum absolute atomic E-state index is 0.405. The highest BCUT2D eigenvalue weighted by atomic mass is 32.1. The predicted molar refractivity (Wildman–Crippen MR) is 39.8 cm³/mol. The Bertz CT molecular complexity index is 76.4. The molecule has 8 heavy (non-hydrogen) atoms. The van der Waals surface area contributed by atoms with E-state index in [-0.39, 0.29) is 0 Å². The number of rotatable bonds is 3. The minimum Gasteiger partial charge on any atom is -0.412 e. The zero-order valence-corrected chi connectivity index (χ0v) is 6.27. The zero-order chi connectivity index (χ0) is 6.41. The maximum atomic E-state index is 4.72. The van der Waals surface area contributed by atoms with Crippen molar-refractivity contribution in [2.24, 2.45) is 0 Å². The maximum absolute atomic E-state index is 4.72. The van der Waals surface area contributed by atoms with Crippen molar-refractivity contribution in [3.8, 4) is 0 Å². The van der Waals surface area contributed by atoms with Crippen molar-refractivity contribution < 1.29 is 4.74 Å². The molecule has 48 valence electrons. The Morgan fingerprint density at radius 2 is 2.50 bits per heavy atom. The third kappa shape index (κ3) is 6.07. The zero-order valence-electron chi connectivity index (χ0n) is 4.64. The lowest BCUT2D eigenvalue weighted by molar-refractivity contribution is 0.204. The van der Waals surface area contributed by atoms with Crippen molar-refractivity contribution in [1.82, 2.24) is 5.32 Å². The molecule has 0 aromatic heterocycles. The average Bonchev–Trinajstić information content (AvgIpc) is 1.66. The van der Waals surface area contributed by atoms with E-state index in [4.69, 9.17) is 4.74 Å². The lowest BCUT2D eigenvalue weighted by Gasteiger charge is -2.06. The van der Waals surface area contributed by atoms with E-state index in [1.54, 1.807) is 7.11 Å². The highest BCUT2D eigenvalue weighted by Crippen LogP contribution is 1.66. The van der Waals surface area contributed by atoms with Crippen molar-refractivity contribution >= 4 is 29.2 Å². The molecule has 0 fully saturated rings. The van der Waals surface area contributed by atoms with Crippen LogP contribution in [0, 0.1) is 0 Å². The van der Waals surface area contributed by atoms with Crippen LogP contribution >= 0.6 is 12.2 Å². The summed E-state index contributed by atoms with van der Waals surface area (Å²) in [6.45, 7) is 1.36. The molecule has 0 bridgehead atoms. The van der Waals surface area contributed by atoms with Crippen LogP contribution in [0.2, 0.25) is 0 Å². The molecule has 0 aromatic carbocycles. The van der Waals surface area contributed by atoms with Crippen LogP contribution in [0.3, 0.4) is 0 Å². The van der Waals surface area contributed by atoms with Crippen LogP contribution < -0.4 is 5.32 Å². The van der Waals surface area contributed by atoms with Gasteiger partial charge in [-0.3, -0.25) is 0 Å². The van der Waals surface area contributed by atoms with E-state index < -0.39 is 0 Å². The summed E-state index contributed by atoms with van der Waals surface area (Å²) in [5.41, 5.74) is 0. The van der Waals surface area contributed by atoms with E-state index in [1.165, 1.54) is 0 Å². The van der Waals surface area contributed by atoms with Crippen molar-refractivity contribution in [3.63, 3.8) is 0 Å². The van der Waals surface area contributed by atoms with Crippen LogP contribution in [0.5, 0.6) is 0 Å². The molecule has 0 saturated heterocycles. The Kier molecular flexibility index (Phi) is 5.26. The molecule has 0 aliphatic carbocycles. The summed E-state index contributed by atoms with van der Waals surface area (Å²) in [6, 6.07) is 0. The van der Waals surface area contributed by atoms with Gasteiger partial charge in [0.2, 0.25) is 0 Å². The van der Waals surface area contributed by atoms with Crippen LogP contribution in [0.4, 0.5) is 0 Å². The van der Waals surface area contributed by atoms with Crippen molar-refractivity contribution in [2.75, 3.05) is 20.3 Å². The summed E-state index contributed by atoms with van der Waals surface area (Å²) in [5.74, 6) is 0. The van der Waals surface area contributed by atoms with E-state index >= 15 is 0 Å². The van der Waals surface area contributed by atoms with Crippen LogP contribution in [-0.4, -0.2) is 24.6 Å². The number of nitrogens with one attached hydrogen (secondary N) is 1. The lowest BCUT2D eigenvalue weighted by atomic mass is 10.7. The molecule has 0 unspecified atom stereocenters. The fourth-order valence-corrected chi connectivity index (χ4v) is 0.459. The molecule has 0 atom stereocenters. The largest absolute Gasteiger partial charge is 0.412 e. The SMILES string of the molecule is COCCNC(=S)[S-]. The Morgan fingerprint density at radius 3 is 2.88 bits per heavy atom. The molecule has 0 spiro atoms. The summed E-state index contributed by atoms with van der Waals surface area (Å²) in [5, 5.41) is 2.77. The molecular formula is C4H8NOS2-. The summed E-state index contributed by atoms with van der Waals surface area (Å²) in [7, 11) is 1.63. The Labute approximate surface area is 60.0 Å². The molecule has 0 aromatic rings. The van der Waals surface area contributed by atoms with Gasteiger partial charge in [0.15, 0.2) is 0 Å². The Morgan fingerprint density at radius 1 is 1.88 bits per heavy atom. The smallest absolute Gasteiger partial charge is 0.0634 e. The number of methoxy groups -OCH3 is 1. The standard InChI is InChI=1S/C4H9NOS2/c1-6-3-2-5-4(7)8/h2-3H2,1H3,(H2,5,7,8)/p-1. The summed E-state index contributed by atoms with van der Waals surface area (Å²) in [6.07, 6.45) is 0. The molecule has 0 amide bonds. The van der Waals surface area contributed by atoms with Gasteiger partial charge in [-0.2, -0.15) is 0 Å². The van der Waals surface area contributed by atoms with Crippen LogP contribution in [0.1, 0.15) is 0 Å². The van der Waals surface area contributed by atoms with Crippen LogP contribution in [-0.2, 0) is 17.4 Å². The van der Waals surface area contributed by atoms with Gasteiger partial charge in [0.1, 0.15) is 0 Å². The predicted octanol–water partition coefficient (Wildman–Crippen LogP) is 0.0542. The van der Waals surface area contributed by atoms with E-state index in [1.807, 2.05) is 0 Å². The van der Waals surface area contributed by atoms with Gasteiger partial charge in [-0.1, -0.05) is 4.32 Å². The quantitative estimate of drug-likeness (QED) is 0.348. The van der Waals surface area contributed by atoms with E-state index in [2.05, 4.69) is 30.2 Å². The third-order valence-electron chi connectivity index (χ3n) is 0.576. The molecule has 2 nitrogen and oxygen atoms in total. The van der Waals surface area contributed by atoms with Crippen molar-refractivity contribution in [1.29, 1.82) is 0 Å². The third-order valence-corrected chi connectivity index (χ3v) is 0.864. The van der Waals surface area contributed by atoms with Crippen LogP contribution in [0.15, 0.2) is 0 Å². The van der Waals surface area contributed by atoms with Crippen molar-refractivity contribution in [3.05, 3.63) is 0 Å². The highest BCUT2D eigenvalue weighted by Gasteiger charge is 1.77. The van der Waals surface area contributed by atoms with Crippen LogP contribution in [0.25, 0.3) is 0 Å². The first-order chi connectivity index (χ1) is 3.77. The molecule has 0 heterocycles. The summed E-state index contributed by atoms with van der Waals surface area (Å²) in [4.78, 5) is 0. The Balaban J connectivity index is 2.82. The monoisotopic (exact) mass is 150 g/mol. The summed E-state index contributed by atoms with van der Waals surface area (Å²) >= 11 is 9.11. The first kappa shape index (κ1) is 8.07. The van der Waals surface area contributed by atoms with Crippen molar-refractivity contribution in [2.45, 2.75) is 0 Å². The summed E-state index contributed by atoms with van der Waals surface area (Å²) < 4.78 is 5.13. The molecule has 1 N–H and O–H groups in total. The number of hydrogen-bond donors (Lipinski definition) is 1. The molecule has 0 radical (unpaired) electrons. The minimum atomic E-state index is 0.405. The van der Waals surface area contributed by atoms with E-state index in [0.29, 0.717) is 17.5 Å². The highest BCUT2D eigenvalue weighted by molar-refractivity contribution is 8.00. The number of hydrogen-bond acceptors (Lipinski definition) is 3. The van der Waals surface area contributed by atoms with Gasteiger partial charge < -0.3 is 34.9 Å². The number of ether oxygens (including phenoxy) is 1. The molecular weight excluding hydrogens is 142 g/mol. The first-order valence-corrected chi connectivity index (χ1v) is 3.03. The van der Waals surface area contributed by atoms with Gasteiger partial charge >= 0.3 is 0 Å². The van der Waals surface area contributed by atoms with Gasteiger partial charge in [-0.15, -0.1) is 0 Å². The van der Waals surface area contributed by atoms with Gasteiger partial charge in [-0.25, -0.2) is 0 Å². The van der Waals surface area contributed by atoms with Gasteiger partial charge in [0, 0.05) is 13.7 Å². The average molecular weight is 150 g/mol. The second-order valence-corrected chi connectivity index (χ2v) is 2.28. The molecule has 4 heteroatoms. The molecule has 0 rings (SSSR count). The second kappa shape index (κ2) is 5.21. The van der Waals surface area contributed by atoms with E-state index in [0.717, 1.165) is 0 Å². The van der Waals surface area contributed by atoms with Gasteiger partial charge in [0.05, 0.1) is 6.61 Å². The van der Waals surface area contributed by atoms with Gasteiger partial charge in [0.25, 0.3) is 0 Å². The molecule has 0 aliphatic rings. The lowest BCUT2D eigenvalue weighted by Crippen LogP contribution is -2.22. The topological polar surface area (TPSA) is 21.3 Å². The Hall–Kier alpha value is 0.0700. The fraction of sp³-hybridized carbons (Fsp3) is 0.750. The second-order valence-electron chi connectivity index (χ2n) is 1.21. The molecule has 0 aliphatic heterocycles.